The summed E-state index contributed by atoms with van der Waals surface area (Å²) in [5.74, 6) is 0.656. The van der Waals surface area contributed by atoms with Crippen molar-refractivity contribution in [1.29, 1.82) is 0 Å². The molecule has 0 fully saturated rings. The molecular weight excluding hydrogens is 224 g/mol. The van der Waals surface area contributed by atoms with Gasteiger partial charge in [-0.3, -0.25) is 4.79 Å². The molecule has 1 aliphatic heterocycles. The molecule has 82 valence electrons. The number of thiocarbonyl (C=S) groups is 1. The van der Waals surface area contributed by atoms with Crippen molar-refractivity contribution < 1.29 is 9.53 Å². The smallest absolute Gasteiger partial charge is 0.265 e. The van der Waals surface area contributed by atoms with E-state index in [0.717, 1.165) is 5.69 Å². The highest BCUT2D eigenvalue weighted by Crippen LogP contribution is 2.35. The van der Waals surface area contributed by atoms with Crippen LogP contribution in [0.5, 0.6) is 5.75 Å². The summed E-state index contributed by atoms with van der Waals surface area (Å²) < 4.78 is 5.32. The van der Waals surface area contributed by atoms with Gasteiger partial charge in [0, 0.05) is 6.54 Å². The Balaban J connectivity index is 2.49. The normalized spacial score (nSPS) is 13.8. The maximum atomic E-state index is 11.6. The number of fused-ring (bicyclic) bond motifs is 1. The number of carbonyl (C=O) groups is 1. The Morgan fingerprint density at radius 1 is 1.62 bits per heavy atom. The molecule has 2 rings (SSSR count). The van der Waals surface area contributed by atoms with Crippen LogP contribution >= 0.6 is 12.2 Å². The van der Waals surface area contributed by atoms with Crippen molar-refractivity contribution in [2.45, 2.75) is 6.92 Å². The lowest BCUT2D eigenvalue weighted by Crippen LogP contribution is -2.38. The molecule has 5 heteroatoms. The molecule has 0 saturated carbocycles. The molecule has 0 atom stereocenters. The van der Waals surface area contributed by atoms with Crippen LogP contribution in [0.3, 0.4) is 0 Å². The number of rotatable bonds is 2. The van der Waals surface area contributed by atoms with E-state index in [1.807, 2.05) is 6.92 Å². The van der Waals surface area contributed by atoms with Crippen molar-refractivity contribution in [2.24, 2.45) is 4.99 Å². The Morgan fingerprint density at radius 3 is 3.12 bits per heavy atom. The molecule has 0 aliphatic carbocycles. The number of hydrogen-bond acceptors (Lipinski definition) is 4. The number of hydrogen-bond donors (Lipinski definition) is 0. The van der Waals surface area contributed by atoms with Gasteiger partial charge in [0.2, 0.25) is 0 Å². The third kappa shape index (κ3) is 1.83. The zero-order valence-electron chi connectivity index (χ0n) is 8.77. The average Bonchev–Trinajstić information content (AvgIpc) is 2.29. The predicted molar refractivity (Wildman–Crippen MR) is 64.7 cm³/mol. The van der Waals surface area contributed by atoms with E-state index in [1.165, 1.54) is 0 Å². The minimum absolute atomic E-state index is 0.0431. The number of isothiocyanates is 1. The number of likely N-dealkylation sites (N-methyl/N-ethyl adjacent to an activating group) is 1. The van der Waals surface area contributed by atoms with Crippen LogP contribution in [0.25, 0.3) is 0 Å². The summed E-state index contributed by atoms with van der Waals surface area (Å²) in [6, 6.07) is 5.34. The van der Waals surface area contributed by atoms with Gasteiger partial charge in [0.1, 0.15) is 5.75 Å². The maximum absolute atomic E-state index is 11.6. The van der Waals surface area contributed by atoms with Crippen molar-refractivity contribution in [2.75, 3.05) is 18.1 Å². The molecule has 0 radical (unpaired) electrons. The summed E-state index contributed by atoms with van der Waals surface area (Å²) in [4.78, 5) is 17.1. The lowest BCUT2D eigenvalue weighted by Gasteiger charge is -2.28. The van der Waals surface area contributed by atoms with E-state index in [-0.39, 0.29) is 12.5 Å². The minimum atomic E-state index is -0.0431. The summed E-state index contributed by atoms with van der Waals surface area (Å²) in [7, 11) is 0. The molecule has 0 aromatic heterocycles. The van der Waals surface area contributed by atoms with Crippen LogP contribution in [0.4, 0.5) is 11.4 Å². The molecular formula is C11H10N2O2S. The van der Waals surface area contributed by atoms with E-state index in [2.05, 4.69) is 22.4 Å². The molecule has 0 N–H and O–H groups in total. The molecule has 0 unspecified atom stereocenters. The number of anilines is 1. The zero-order valence-corrected chi connectivity index (χ0v) is 9.58. The highest BCUT2D eigenvalue weighted by molar-refractivity contribution is 7.78. The predicted octanol–water partition coefficient (Wildman–Crippen LogP) is 2.17. The first-order valence-corrected chi connectivity index (χ1v) is 5.32. The van der Waals surface area contributed by atoms with E-state index < -0.39 is 0 Å². The molecule has 1 aromatic carbocycles. The van der Waals surface area contributed by atoms with Gasteiger partial charge < -0.3 is 9.64 Å². The van der Waals surface area contributed by atoms with Crippen LogP contribution in [0.15, 0.2) is 23.2 Å². The summed E-state index contributed by atoms with van der Waals surface area (Å²) in [5, 5.41) is 2.30. The molecule has 0 bridgehead atoms. The van der Waals surface area contributed by atoms with Crippen LogP contribution < -0.4 is 9.64 Å². The van der Waals surface area contributed by atoms with Gasteiger partial charge >= 0.3 is 0 Å². The van der Waals surface area contributed by atoms with Gasteiger partial charge in [-0.15, -0.1) is 0 Å². The van der Waals surface area contributed by atoms with Gasteiger partial charge in [0.05, 0.1) is 16.5 Å². The number of carbonyl (C=O) groups excluding carboxylic acids is 1. The van der Waals surface area contributed by atoms with Gasteiger partial charge in [-0.05, 0) is 37.3 Å². The molecule has 1 aromatic rings. The number of benzene rings is 1. The van der Waals surface area contributed by atoms with E-state index >= 15 is 0 Å². The highest BCUT2D eigenvalue weighted by atomic mass is 32.1. The van der Waals surface area contributed by atoms with Crippen LogP contribution in [0.2, 0.25) is 0 Å². The van der Waals surface area contributed by atoms with Gasteiger partial charge in [-0.25, -0.2) is 0 Å². The summed E-state index contributed by atoms with van der Waals surface area (Å²) >= 11 is 4.54. The van der Waals surface area contributed by atoms with Crippen LogP contribution in [0, 0.1) is 0 Å². The molecule has 1 aliphatic rings. The number of aliphatic imine (C=N–C) groups is 1. The summed E-state index contributed by atoms with van der Waals surface area (Å²) in [5.41, 5.74) is 1.41. The zero-order chi connectivity index (χ0) is 11.5. The minimum Gasteiger partial charge on any atom is -0.482 e. The summed E-state index contributed by atoms with van der Waals surface area (Å²) in [6.45, 7) is 2.62. The summed E-state index contributed by atoms with van der Waals surface area (Å²) in [6.07, 6.45) is 0. The monoisotopic (exact) mass is 234 g/mol. The Kier molecular flexibility index (Phi) is 2.99. The second-order valence-electron chi connectivity index (χ2n) is 3.28. The molecule has 0 saturated heterocycles. The molecule has 1 amide bonds. The van der Waals surface area contributed by atoms with E-state index in [0.29, 0.717) is 18.0 Å². The number of nitrogens with zero attached hydrogens (tertiary/aromatic N) is 2. The fourth-order valence-corrected chi connectivity index (χ4v) is 1.76. The standard InChI is InChI=1S/C11H10N2O2S/c1-2-13-9-5-8(12-7-16)3-4-10(9)15-6-11(13)14/h3-5H,2,6H2,1H3. The van der Waals surface area contributed by atoms with Gasteiger partial charge in [0.25, 0.3) is 5.91 Å². The van der Waals surface area contributed by atoms with E-state index in [1.54, 1.807) is 23.1 Å². The molecule has 0 spiro atoms. The fraction of sp³-hybridized carbons (Fsp3) is 0.273. The third-order valence-electron chi connectivity index (χ3n) is 2.38. The van der Waals surface area contributed by atoms with Crippen molar-refractivity contribution >= 4 is 34.7 Å². The fourth-order valence-electron chi connectivity index (χ4n) is 1.66. The van der Waals surface area contributed by atoms with Crippen molar-refractivity contribution in [3.8, 4) is 5.75 Å². The Bertz CT molecular complexity index is 481. The van der Waals surface area contributed by atoms with Crippen molar-refractivity contribution in [3.63, 3.8) is 0 Å². The number of ether oxygens (including phenoxy) is 1. The molecule has 1 heterocycles. The maximum Gasteiger partial charge on any atom is 0.265 e. The van der Waals surface area contributed by atoms with E-state index in [4.69, 9.17) is 4.74 Å². The van der Waals surface area contributed by atoms with Crippen LogP contribution in [-0.2, 0) is 4.79 Å². The van der Waals surface area contributed by atoms with Crippen LogP contribution in [0.1, 0.15) is 6.92 Å². The van der Waals surface area contributed by atoms with Crippen molar-refractivity contribution in [1.82, 2.24) is 0 Å². The average molecular weight is 234 g/mol. The first-order chi connectivity index (χ1) is 7.76. The second kappa shape index (κ2) is 4.43. The first-order valence-electron chi connectivity index (χ1n) is 4.91. The van der Waals surface area contributed by atoms with E-state index in [9.17, 15) is 4.79 Å². The Labute approximate surface area is 98.5 Å². The largest absolute Gasteiger partial charge is 0.482 e. The quantitative estimate of drug-likeness (QED) is 0.581. The van der Waals surface area contributed by atoms with Gasteiger partial charge in [-0.2, -0.15) is 4.99 Å². The number of amides is 1. The van der Waals surface area contributed by atoms with Gasteiger partial charge in [-0.1, -0.05) is 0 Å². The highest BCUT2D eigenvalue weighted by Gasteiger charge is 2.24. The molecule has 16 heavy (non-hydrogen) atoms. The lowest BCUT2D eigenvalue weighted by molar-refractivity contribution is -0.121. The third-order valence-corrected chi connectivity index (χ3v) is 2.47. The van der Waals surface area contributed by atoms with Crippen LogP contribution in [-0.4, -0.2) is 24.2 Å². The lowest BCUT2D eigenvalue weighted by atomic mass is 10.2. The first kappa shape index (κ1) is 10.8. The van der Waals surface area contributed by atoms with Crippen molar-refractivity contribution in [3.05, 3.63) is 18.2 Å². The Hall–Kier alpha value is -1.71. The topological polar surface area (TPSA) is 41.9 Å². The SMILES string of the molecule is CCN1C(=O)COc2ccc(N=C=S)cc21. The van der Waals surface area contributed by atoms with Gasteiger partial charge in [0.15, 0.2) is 6.61 Å². The Morgan fingerprint density at radius 2 is 2.44 bits per heavy atom. The second-order valence-corrected chi connectivity index (χ2v) is 3.46. The molecule has 4 nitrogen and oxygen atoms in total.